The number of nitrogens with zero attached hydrogens (tertiary/aromatic N) is 2. The second-order valence-electron chi connectivity index (χ2n) is 5.28. The molecule has 0 spiro atoms. The Kier molecular flexibility index (Phi) is 3.37. The van der Waals surface area contributed by atoms with E-state index in [1.807, 2.05) is 6.20 Å². The third-order valence-corrected chi connectivity index (χ3v) is 4.72. The summed E-state index contributed by atoms with van der Waals surface area (Å²) in [5, 5.41) is 0. The summed E-state index contributed by atoms with van der Waals surface area (Å²) in [6.45, 7) is 1.19. The zero-order valence-electron chi connectivity index (χ0n) is 10.1. The van der Waals surface area contributed by atoms with Crippen molar-refractivity contribution < 1.29 is 0 Å². The van der Waals surface area contributed by atoms with E-state index in [9.17, 15) is 0 Å². The second-order valence-corrected chi connectivity index (χ2v) is 6.20. The van der Waals surface area contributed by atoms with Crippen molar-refractivity contribution in [2.75, 3.05) is 11.4 Å². The molecule has 0 bridgehead atoms. The lowest BCUT2D eigenvalue weighted by molar-refractivity contribution is 0.243. The lowest BCUT2D eigenvalue weighted by Crippen LogP contribution is -2.47. The minimum absolute atomic E-state index is 0.756. The summed E-state index contributed by atoms with van der Waals surface area (Å²) in [4.78, 5) is 7.13. The van der Waals surface area contributed by atoms with Crippen LogP contribution in [-0.2, 0) is 0 Å². The topological polar surface area (TPSA) is 16.1 Å². The predicted molar refractivity (Wildman–Crippen MR) is 74.3 cm³/mol. The minimum Gasteiger partial charge on any atom is -0.353 e. The fraction of sp³-hybridized carbons (Fsp3) is 0.643. The van der Waals surface area contributed by atoms with Crippen LogP contribution in [0.3, 0.4) is 0 Å². The summed E-state index contributed by atoms with van der Waals surface area (Å²) in [6.07, 6.45) is 10.3. The number of hydrogen-bond acceptors (Lipinski definition) is 2. The molecule has 0 N–H and O–H groups in total. The van der Waals surface area contributed by atoms with Gasteiger partial charge in [-0.2, -0.15) is 0 Å². The molecule has 0 unspecified atom stereocenters. The van der Waals surface area contributed by atoms with Crippen LogP contribution in [0.25, 0.3) is 0 Å². The van der Waals surface area contributed by atoms with Crippen molar-refractivity contribution in [3.63, 3.8) is 0 Å². The first-order valence-electron chi connectivity index (χ1n) is 6.73. The first kappa shape index (κ1) is 11.5. The Morgan fingerprint density at radius 1 is 1.12 bits per heavy atom. The summed E-state index contributed by atoms with van der Waals surface area (Å²) in [7, 11) is 0. The molecule has 2 nitrogen and oxygen atoms in total. The van der Waals surface area contributed by atoms with Crippen molar-refractivity contribution >= 4 is 21.7 Å². The van der Waals surface area contributed by atoms with Crippen LogP contribution in [0.4, 0.5) is 5.82 Å². The Balaban J connectivity index is 1.83. The van der Waals surface area contributed by atoms with Gasteiger partial charge in [-0.05, 0) is 59.7 Å². The smallest absolute Gasteiger partial charge is 0.128 e. The van der Waals surface area contributed by atoms with Gasteiger partial charge in [0.05, 0.1) is 0 Å². The van der Waals surface area contributed by atoms with E-state index in [1.165, 1.54) is 50.9 Å². The molecular weight excluding hydrogens is 276 g/mol. The Morgan fingerprint density at radius 3 is 2.76 bits per heavy atom. The number of pyridine rings is 1. The average Bonchev–Trinajstić information content (AvgIpc) is 2.39. The number of rotatable bonds is 1. The molecule has 1 saturated heterocycles. The van der Waals surface area contributed by atoms with Crippen molar-refractivity contribution in [1.82, 2.24) is 4.98 Å². The molecule has 1 aliphatic carbocycles. The summed E-state index contributed by atoms with van der Waals surface area (Å²) in [6, 6.07) is 5.02. The molecule has 2 heterocycles. The number of hydrogen-bond donors (Lipinski definition) is 0. The van der Waals surface area contributed by atoms with E-state index in [4.69, 9.17) is 0 Å². The van der Waals surface area contributed by atoms with E-state index < -0.39 is 0 Å². The van der Waals surface area contributed by atoms with Crippen LogP contribution in [0.2, 0.25) is 0 Å². The third kappa shape index (κ3) is 2.35. The van der Waals surface area contributed by atoms with Crippen molar-refractivity contribution in [3.05, 3.63) is 22.8 Å². The maximum absolute atomic E-state index is 4.57. The summed E-state index contributed by atoms with van der Waals surface area (Å²) in [5.41, 5.74) is 0. The van der Waals surface area contributed by atoms with Gasteiger partial charge >= 0.3 is 0 Å². The third-order valence-electron chi connectivity index (χ3n) is 4.25. The monoisotopic (exact) mass is 294 g/mol. The molecule has 92 valence electrons. The average molecular weight is 295 g/mol. The summed E-state index contributed by atoms with van der Waals surface area (Å²) >= 11 is 3.46. The van der Waals surface area contributed by atoms with Crippen LogP contribution in [0.15, 0.2) is 22.8 Å². The zero-order valence-corrected chi connectivity index (χ0v) is 11.7. The second kappa shape index (κ2) is 4.97. The van der Waals surface area contributed by atoms with E-state index in [0.717, 1.165) is 16.4 Å². The Labute approximate surface area is 112 Å². The highest BCUT2D eigenvalue weighted by molar-refractivity contribution is 9.10. The predicted octanol–water partition coefficient (Wildman–Crippen LogP) is 4.00. The molecule has 1 aromatic heterocycles. The summed E-state index contributed by atoms with van der Waals surface area (Å²) in [5.74, 6) is 2.09. The molecule has 1 saturated carbocycles. The fourth-order valence-electron chi connectivity index (χ4n) is 3.45. The van der Waals surface area contributed by atoms with Crippen LogP contribution >= 0.6 is 15.9 Å². The molecule has 2 fully saturated rings. The molecule has 17 heavy (non-hydrogen) atoms. The van der Waals surface area contributed by atoms with Gasteiger partial charge in [0.2, 0.25) is 0 Å². The van der Waals surface area contributed by atoms with Crippen LogP contribution in [0, 0.1) is 5.92 Å². The van der Waals surface area contributed by atoms with E-state index in [1.54, 1.807) is 0 Å². The van der Waals surface area contributed by atoms with Crippen LogP contribution in [0.5, 0.6) is 0 Å². The van der Waals surface area contributed by atoms with Crippen molar-refractivity contribution in [1.29, 1.82) is 0 Å². The van der Waals surface area contributed by atoms with Crippen LogP contribution in [-0.4, -0.2) is 17.6 Å². The molecule has 2 atom stereocenters. The van der Waals surface area contributed by atoms with Crippen molar-refractivity contribution in [2.24, 2.45) is 5.92 Å². The maximum Gasteiger partial charge on any atom is 0.128 e. The van der Waals surface area contributed by atoms with Gasteiger partial charge < -0.3 is 4.90 Å². The lowest BCUT2D eigenvalue weighted by atomic mass is 9.78. The van der Waals surface area contributed by atoms with Crippen LogP contribution in [0.1, 0.15) is 38.5 Å². The molecule has 0 aromatic carbocycles. The molecule has 1 aliphatic heterocycles. The molecule has 0 radical (unpaired) electrons. The SMILES string of the molecule is Brc1ccc(N2CCC[C@H]3CCCC[C@H]32)nc1. The van der Waals surface area contributed by atoms with Gasteiger partial charge in [0.25, 0.3) is 0 Å². The Bertz CT molecular complexity index is 374. The van der Waals surface area contributed by atoms with Crippen LogP contribution < -0.4 is 4.90 Å². The molecular formula is C14H19BrN2. The number of aromatic nitrogens is 1. The zero-order chi connectivity index (χ0) is 11.7. The first-order valence-corrected chi connectivity index (χ1v) is 7.52. The van der Waals surface area contributed by atoms with Gasteiger partial charge in [-0.3, -0.25) is 0 Å². The quantitative estimate of drug-likeness (QED) is 0.778. The normalized spacial score (nSPS) is 28.9. The highest BCUT2D eigenvalue weighted by atomic mass is 79.9. The van der Waals surface area contributed by atoms with E-state index in [0.29, 0.717) is 0 Å². The van der Waals surface area contributed by atoms with E-state index in [2.05, 4.69) is 37.9 Å². The molecule has 0 amide bonds. The van der Waals surface area contributed by atoms with Gasteiger partial charge in [-0.1, -0.05) is 12.8 Å². The highest BCUT2D eigenvalue weighted by Crippen LogP contribution is 2.37. The minimum atomic E-state index is 0.756. The highest BCUT2D eigenvalue weighted by Gasteiger charge is 2.33. The maximum atomic E-state index is 4.57. The largest absolute Gasteiger partial charge is 0.353 e. The molecule has 3 heteroatoms. The lowest BCUT2D eigenvalue weighted by Gasteiger charge is -2.44. The summed E-state index contributed by atoms with van der Waals surface area (Å²) < 4.78 is 1.07. The van der Waals surface area contributed by atoms with E-state index in [-0.39, 0.29) is 0 Å². The van der Waals surface area contributed by atoms with Crippen molar-refractivity contribution in [3.8, 4) is 0 Å². The standard InChI is InChI=1S/C14H19BrN2/c15-12-7-8-14(16-10-12)17-9-3-5-11-4-1-2-6-13(11)17/h7-8,10-11,13H,1-6,9H2/t11-,13-/m1/s1. The number of fused-ring (bicyclic) bond motifs is 1. The van der Waals surface area contributed by atoms with Gasteiger partial charge in [0.1, 0.15) is 5.82 Å². The molecule has 2 aliphatic rings. The van der Waals surface area contributed by atoms with Gasteiger partial charge in [0, 0.05) is 23.3 Å². The van der Waals surface area contributed by atoms with Gasteiger partial charge in [-0.25, -0.2) is 4.98 Å². The number of halogens is 1. The molecule has 1 aromatic rings. The van der Waals surface area contributed by atoms with Crippen molar-refractivity contribution in [2.45, 2.75) is 44.6 Å². The Hall–Kier alpha value is -0.570. The van der Waals surface area contributed by atoms with Gasteiger partial charge in [-0.15, -0.1) is 0 Å². The first-order chi connectivity index (χ1) is 8.34. The fourth-order valence-corrected chi connectivity index (χ4v) is 3.68. The number of piperidine rings is 1. The van der Waals surface area contributed by atoms with Gasteiger partial charge in [0.15, 0.2) is 0 Å². The Morgan fingerprint density at radius 2 is 1.94 bits per heavy atom. The van der Waals surface area contributed by atoms with E-state index >= 15 is 0 Å². The number of anilines is 1. The molecule has 3 rings (SSSR count).